The minimum atomic E-state index is -1.82. The second-order valence-corrected chi connectivity index (χ2v) is 8.27. The Hall–Kier alpha value is -2.54. The Morgan fingerprint density at radius 2 is 1.39 bits per heavy atom. The van der Waals surface area contributed by atoms with Crippen LogP contribution in [-0.2, 0) is 9.26 Å². The third-order valence-corrected chi connectivity index (χ3v) is 6.37. The molecule has 0 saturated heterocycles. The van der Waals surface area contributed by atoms with Gasteiger partial charge in [0.05, 0.1) is 53.1 Å². The largest absolute Gasteiger partial charge is 0.496 e. The lowest BCUT2D eigenvalue weighted by molar-refractivity contribution is 0.102. The van der Waals surface area contributed by atoms with Crippen LogP contribution in [0.25, 0.3) is 0 Å². The van der Waals surface area contributed by atoms with E-state index in [1.807, 2.05) is 26.8 Å². The monoisotopic (exact) mass is 480 g/mol. The second kappa shape index (κ2) is 13.9. The highest BCUT2D eigenvalue weighted by atomic mass is 31.1. The molecule has 1 atom stereocenters. The van der Waals surface area contributed by atoms with Crippen molar-refractivity contribution in [1.29, 1.82) is 0 Å². The summed E-state index contributed by atoms with van der Waals surface area (Å²) >= 11 is 0. The minimum absolute atomic E-state index is 0.241. The van der Waals surface area contributed by atoms with Crippen LogP contribution < -0.4 is 29.0 Å². The minimum Gasteiger partial charge on any atom is -0.496 e. The molecule has 0 fully saturated rings. The molecule has 0 N–H and O–H groups in total. The molecule has 33 heavy (non-hydrogen) atoms. The third-order valence-electron chi connectivity index (χ3n) is 4.53. The average molecular weight is 480 g/mol. The lowest BCUT2D eigenvalue weighted by atomic mass is 10.2. The Bertz CT molecular complexity index is 877. The van der Waals surface area contributed by atoms with Gasteiger partial charge in [0, 0.05) is 24.8 Å². The van der Waals surface area contributed by atoms with Crippen molar-refractivity contribution in [3.8, 4) is 28.7 Å². The van der Waals surface area contributed by atoms with E-state index in [1.54, 1.807) is 24.3 Å². The van der Waals surface area contributed by atoms with Crippen LogP contribution in [0, 0.1) is 0 Å². The van der Waals surface area contributed by atoms with Gasteiger partial charge in [-0.2, -0.15) is 0 Å². The van der Waals surface area contributed by atoms with E-state index in [9.17, 15) is 4.79 Å². The van der Waals surface area contributed by atoms with Crippen molar-refractivity contribution in [2.75, 3.05) is 54.4 Å². The van der Waals surface area contributed by atoms with Gasteiger partial charge in [-0.15, -0.1) is 0 Å². The number of hydrogen-bond donors (Lipinski definition) is 0. The molecule has 2 aromatic carbocycles. The van der Waals surface area contributed by atoms with Crippen LogP contribution in [0.4, 0.5) is 0 Å². The zero-order valence-electron chi connectivity index (χ0n) is 20.1. The van der Waals surface area contributed by atoms with E-state index in [2.05, 4.69) is 0 Å². The molecule has 1 unspecified atom stereocenters. The van der Waals surface area contributed by atoms with Crippen LogP contribution in [0.1, 0.15) is 31.1 Å². The zero-order chi connectivity index (χ0) is 24.2. The Labute approximate surface area is 196 Å². The molecular formula is C24H33O8P. The van der Waals surface area contributed by atoms with Gasteiger partial charge < -0.3 is 32.9 Å². The highest BCUT2D eigenvalue weighted by Gasteiger charge is 2.32. The van der Waals surface area contributed by atoms with Gasteiger partial charge in [-0.3, -0.25) is 4.79 Å². The second-order valence-electron chi connectivity index (χ2n) is 6.53. The standard InChI is InChI=1S/C24H33O8P/c1-7-29-12-13-32-33(22-11-10-17(30-8-2)14-19(22)31-9-3)24(25)23-20(27-5)15-18(26-4)16-21(23)28-6/h10-11,14-16H,7-9,12-13H2,1-6H3. The predicted octanol–water partition coefficient (Wildman–Crippen LogP) is 4.43. The molecule has 0 saturated carbocycles. The Morgan fingerprint density at radius 3 is 1.94 bits per heavy atom. The fraction of sp³-hybridized carbons (Fsp3) is 0.458. The van der Waals surface area contributed by atoms with Gasteiger partial charge in [0.2, 0.25) is 5.52 Å². The van der Waals surface area contributed by atoms with E-state index in [-0.39, 0.29) is 17.7 Å². The summed E-state index contributed by atoms with van der Waals surface area (Å²) in [4.78, 5) is 13.9. The van der Waals surface area contributed by atoms with E-state index in [1.165, 1.54) is 21.3 Å². The third kappa shape index (κ3) is 6.97. The van der Waals surface area contributed by atoms with Crippen molar-refractivity contribution < 1.29 is 37.7 Å². The van der Waals surface area contributed by atoms with Crippen molar-refractivity contribution in [3.63, 3.8) is 0 Å². The lowest BCUT2D eigenvalue weighted by Crippen LogP contribution is -2.18. The Balaban J connectivity index is 2.58. The normalized spacial score (nSPS) is 11.6. The maximum absolute atomic E-state index is 13.9. The van der Waals surface area contributed by atoms with Crippen molar-refractivity contribution in [2.24, 2.45) is 0 Å². The summed E-state index contributed by atoms with van der Waals surface area (Å²) in [5, 5.41) is 0.636. The summed E-state index contributed by atoms with van der Waals surface area (Å²) in [6, 6.07) is 8.68. The summed E-state index contributed by atoms with van der Waals surface area (Å²) in [7, 11) is 2.70. The number of methoxy groups -OCH3 is 3. The molecule has 0 aliphatic rings. The molecule has 9 heteroatoms. The smallest absolute Gasteiger partial charge is 0.223 e. The first-order chi connectivity index (χ1) is 16.0. The number of hydrogen-bond acceptors (Lipinski definition) is 8. The summed E-state index contributed by atoms with van der Waals surface area (Å²) in [5.41, 5.74) is 0.00242. The number of rotatable bonds is 15. The van der Waals surface area contributed by atoms with Gasteiger partial charge in [0.15, 0.2) is 0 Å². The summed E-state index contributed by atoms with van der Waals surface area (Å²) in [6.07, 6.45) is 0. The van der Waals surface area contributed by atoms with Crippen LogP contribution in [0.15, 0.2) is 30.3 Å². The SMILES string of the molecule is CCOCCOP(C(=O)c1c(OC)cc(OC)cc1OC)c1ccc(OCC)cc1OCC. The maximum Gasteiger partial charge on any atom is 0.223 e. The van der Waals surface area contributed by atoms with Gasteiger partial charge in [0.1, 0.15) is 42.5 Å². The van der Waals surface area contributed by atoms with Crippen molar-refractivity contribution in [1.82, 2.24) is 0 Å². The van der Waals surface area contributed by atoms with E-state index in [0.29, 0.717) is 60.5 Å². The molecule has 182 valence electrons. The molecule has 0 radical (unpaired) electrons. The fourth-order valence-electron chi connectivity index (χ4n) is 3.08. The average Bonchev–Trinajstić information content (AvgIpc) is 2.83. The molecule has 0 aliphatic carbocycles. The van der Waals surface area contributed by atoms with Crippen LogP contribution in [0.3, 0.4) is 0 Å². The van der Waals surface area contributed by atoms with Gasteiger partial charge in [-0.25, -0.2) is 0 Å². The van der Waals surface area contributed by atoms with E-state index in [4.69, 9.17) is 32.9 Å². The molecule has 0 aliphatic heterocycles. The number of benzene rings is 2. The fourth-order valence-corrected chi connectivity index (χ4v) is 4.77. The number of carbonyl (C=O) groups excluding carboxylic acids is 1. The molecule has 0 heterocycles. The molecule has 2 rings (SSSR count). The van der Waals surface area contributed by atoms with Crippen molar-refractivity contribution in [2.45, 2.75) is 20.8 Å². The topological polar surface area (TPSA) is 81.7 Å². The van der Waals surface area contributed by atoms with E-state index < -0.39 is 8.15 Å². The maximum atomic E-state index is 13.9. The molecule has 8 nitrogen and oxygen atoms in total. The first-order valence-corrected chi connectivity index (χ1v) is 12.0. The van der Waals surface area contributed by atoms with E-state index in [0.717, 1.165) is 0 Å². The van der Waals surface area contributed by atoms with E-state index >= 15 is 0 Å². The van der Waals surface area contributed by atoms with Gasteiger partial charge >= 0.3 is 0 Å². The first kappa shape index (κ1) is 26.7. The van der Waals surface area contributed by atoms with Gasteiger partial charge in [-0.05, 0) is 32.9 Å². The van der Waals surface area contributed by atoms with Crippen LogP contribution in [0.5, 0.6) is 28.7 Å². The Kier molecular flexibility index (Phi) is 11.2. The van der Waals surface area contributed by atoms with Crippen LogP contribution in [-0.4, -0.2) is 59.9 Å². The number of ether oxygens (including phenoxy) is 6. The summed E-state index contributed by atoms with van der Waals surface area (Å²) in [5.74, 6) is 2.37. The van der Waals surface area contributed by atoms with Crippen molar-refractivity contribution >= 4 is 19.0 Å². The summed E-state index contributed by atoms with van der Waals surface area (Å²) < 4.78 is 39.3. The molecule has 0 amide bonds. The summed E-state index contributed by atoms with van der Waals surface area (Å²) in [6.45, 7) is 7.79. The highest BCUT2D eigenvalue weighted by molar-refractivity contribution is 7.78. The molecular weight excluding hydrogens is 447 g/mol. The van der Waals surface area contributed by atoms with Crippen molar-refractivity contribution in [3.05, 3.63) is 35.9 Å². The molecule has 2 aromatic rings. The lowest BCUT2D eigenvalue weighted by Gasteiger charge is -2.22. The predicted molar refractivity (Wildman–Crippen MR) is 128 cm³/mol. The van der Waals surface area contributed by atoms with Crippen LogP contribution in [0.2, 0.25) is 0 Å². The molecule has 0 bridgehead atoms. The zero-order valence-corrected chi connectivity index (χ0v) is 21.0. The Morgan fingerprint density at radius 1 is 0.758 bits per heavy atom. The first-order valence-electron chi connectivity index (χ1n) is 10.8. The van der Waals surface area contributed by atoms with Gasteiger partial charge in [-0.1, -0.05) is 0 Å². The molecule has 0 spiro atoms. The van der Waals surface area contributed by atoms with Gasteiger partial charge in [0.25, 0.3) is 0 Å². The quantitative estimate of drug-likeness (QED) is 0.274. The number of carbonyl (C=O) groups is 1. The van der Waals surface area contributed by atoms with Crippen LogP contribution >= 0.6 is 8.15 Å². The molecule has 0 aromatic heterocycles. The highest BCUT2D eigenvalue weighted by Crippen LogP contribution is 2.48.